The molecule has 4 heteroatoms. The minimum Gasteiger partial charge on any atom is -0.478 e. The first-order valence-electron chi connectivity index (χ1n) is 3.85. The van der Waals surface area contributed by atoms with Gasteiger partial charge in [0.2, 0.25) is 5.91 Å². The van der Waals surface area contributed by atoms with Gasteiger partial charge in [0.1, 0.15) is 0 Å². The standard InChI is InChI=1S/C8H11NO3/c1-2-9-5-6(8(11)12)3-4-7(9)10/h3H,2,4-5H2,1H3,(H,11,12). The van der Waals surface area contributed by atoms with Gasteiger partial charge in [-0.25, -0.2) is 4.79 Å². The molecule has 0 saturated heterocycles. The van der Waals surface area contributed by atoms with Crippen molar-refractivity contribution >= 4 is 11.9 Å². The second kappa shape index (κ2) is 3.38. The lowest BCUT2D eigenvalue weighted by Crippen LogP contribution is -2.36. The highest BCUT2D eigenvalue weighted by Gasteiger charge is 2.20. The number of amides is 1. The molecule has 1 rings (SSSR count). The summed E-state index contributed by atoms with van der Waals surface area (Å²) < 4.78 is 0. The van der Waals surface area contributed by atoms with Crippen LogP contribution in [0.25, 0.3) is 0 Å². The average Bonchev–Trinajstić information content (AvgIpc) is 2.05. The SMILES string of the molecule is CCN1CC(C(=O)O)=CCC1=O. The van der Waals surface area contributed by atoms with Crippen LogP contribution in [0.4, 0.5) is 0 Å². The van der Waals surface area contributed by atoms with Crippen molar-refractivity contribution in [2.45, 2.75) is 13.3 Å². The van der Waals surface area contributed by atoms with E-state index in [0.29, 0.717) is 12.1 Å². The van der Waals surface area contributed by atoms with Gasteiger partial charge < -0.3 is 10.0 Å². The van der Waals surface area contributed by atoms with E-state index in [1.807, 2.05) is 6.92 Å². The van der Waals surface area contributed by atoms with Crippen molar-refractivity contribution in [3.63, 3.8) is 0 Å². The highest BCUT2D eigenvalue weighted by molar-refractivity contribution is 5.91. The Morgan fingerprint density at radius 3 is 2.92 bits per heavy atom. The summed E-state index contributed by atoms with van der Waals surface area (Å²) >= 11 is 0. The molecule has 0 aromatic heterocycles. The first-order valence-corrected chi connectivity index (χ1v) is 3.85. The van der Waals surface area contributed by atoms with Gasteiger partial charge in [0.15, 0.2) is 0 Å². The number of carboxylic acid groups (broad SMARTS) is 1. The van der Waals surface area contributed by atoms with Crippen LogP contribution in [0.5, 0.6) is 0 Å². The lowest BCUT2D eigenvalue weighted by molar-refractivity contribution is -0.134. The van der Waals surface area contributed by atoms with Crippen LogP contribution in [0.1, 0.15) is 13.3 Å². The molecule has 66 valence electrons. The van der Waals surface area contributed by atoms with Crippen LogP contribution in [0.2, 0.25) is 0 Å². The van der Waals surface area contributed by atoms with Crippen molar-refractivity contribution in [1.29, 1.82) is 0 Å². The largest absolute Gasteiger partial charge is 0.478 e. The summed E-state index contributed by atoms with van der Waals surface area (Å²) in [4.78, 5) is 23.1. The Morgan fingerprint density at radius 2 is 2.42 bits per heavy atom. The van der Waals surface area contributed by atoms with Crippen LogP contribution < -0.4 is 0 Å². The summed E-state index contributed by atoms with van der Waals surface area (Å²) in [5, 5.41) is 8.63. The normalized spacial score (nSPS) is 17.6. The van der Waals surface area contributed by atoms with Gasteiger partial charge >= 0.3 is 5.97 Å². The number of nitrogens with zero attached hydrogens (tertiary/aromatic N) is 1. The fourth-order valence-corrected chi connectivity index (χ4v) is 1.14. The lowest BCUT2D eigenvalue weighted by atomic mass is 10.1. The van der Waals surface area contributed by atoms with Gasteiger partial charge in [-0.05, 0) is 6.92 Å². The molecule has 0 radical (unpaired) electrons. The van der Waals surface area contributed by atoms with E-state index in [1.165, 1.54) is 11.0 Å². The molecule has 0 atom stereocenters. The van der Waals surface area contributed by atoms with Crippen molar-refractivity contribution in [3.8, 4) is 0 Å². The van der Waals surface area contributed by atoms with E-state index in [0.717, 1.165) is 0 Å². The van der Waals surface area contributed by atoms with Gasteiger partial charge in [-0.3, -0.25) is 4.79 Å². The Hall–Kier alpha value is -1.32. The molecule has 4 nitrogen and oxygen atoms in total. The fourth-order valence-electron chi connectivity index (χ4n) is 1.14. The highest BCUT2D eigenvalue weighted by Crippen LogP contribution is 2.10. The van der Waals surface area contributed by atoms with Crippen molar-refractivity contribution < 1.29 is 14.7 Å². The minimum atomic E-state index is -0.930. The zero-order valence-corrected chi connectivity index (χ0v) is 6.91. The molecule has 0 aromatic carbocycles. The third kappa shape index (κ3) is 1.64. The molecule has 0 unspecified atom stereocenters. The number of aliphatic carboxylic acids is 1. The molecular formula is C8H11NO3. The summed E-state index contributed by atoms with van der Waals surface area (Å²) in [6.07, 6.45) is 1.70. The second-order valence-corrected chi connectivity index (χ2v) is 2.65. The Balaban J connectivity index is 2.73. The lowest BCUT2D eigenvalue weighted by Gasteiger charge is -2.24. The zero-order chi connectivity index (χ0) is 9.14. The summed E-state index contributed by atoms with van der Waals surface area (Å²) in [6, 6.07) is 0. The molecular weight excluding hydrogens is 158 g/mol. The number of carbonyl (C=O) groups excluding carboxylic acids is 1. The number of carbonyl (C=O) groups is 2. The fraction of sp³-hybridized carbons (Fsp3) is 0.500. The summed E-state index contributed by atoms with van der Waals surface area (Å²) in [7, 11) is 0. The van der Waals surface area contributed by atoms with Gasteiger partial charge in [0.05, 0.1) is 12.1 Å². The molecule has 1 aliphatic heterocycles. The molecule has 1 amide bonds. The van der Waals surface area contributed by atoms with E-state index in [9.17, 15) is 9.59 Å². The molecule has 0 aromatic rings. The number of hydrogen-bond donors (Lipinski definition) is 1. The number of rotatable bonds is 2. The van der Waals surface area contributed by atoms with E-state index < -0.39 is 5.97 Å². The van der Waals surface area contributed by atoms with Gasteiger partial charge in [0, 0.05) is 13.0 Å². The molecule has 1 N–H and O–H groups in total. The quantitative estimate of drug-likeness (QED) is 0.644. The maximum absolute atomic E-state index is 11.1. The molecule has 1 heterocycles. The van der Waals surface area contributed by atoms with Crippen molar-refractivity contribution in [3.05, 3.63) is 11.6 Å². The van der Waals surface area contributed by atoms with Crippen LogP contribution in [0.3, 0.4) is 0 Å². The third-order valence-electron chi connectivity index (χ3n) is 1.89. The van der Waals surface area contributed by atoms with Crippen molar-refractivity contribution in [2.75, 3.05) is 13.1 Å². The van der Waals surface area contributed by atoms with Crippen LogP contribution in [0, 0.1) is 0 Å². The van der Waals surface area contributed by atoms with Gasteiger partial charge in [0.25, 0.3) is 0 Å². The van der Waals surface area contributed by atoms with Gasteiger partial charge in [-0.2, -0.15) is 0 Å². The smallest absolute Gasteiger partial charge is 0.333 e. The van der Waals surface area contributed by atoms with E-state index in [1.54, 1.807) is 0 Å². The third-order valence-corrected chi connectivity index (χ3v) is 1.89. The highest BCUT2D eigenvalue weighted by atomic mass is 16.4. The summed E-state index contributed by atoms with van der Waals surface area (Å²) in [6.45, 7) is 2.65. The maximum atomic E-state index is 11.1. The number of carboxylic acids is 1. The van der Waals surface area contributed by atoms with E-state index in [-0.39, 0.29) is 18.9 Å². The Kier molecular flexibility index (Phi) is 2.47. The van der Waals surface area contributed by atoms with Crippen LogP contribution in [-0.4, -0.2) is 35.0 Å². The molecule has 0 spiro atoms. The number of likely N-dealkylation sites (N-methyl/N-ethyl adjacent to an activating group) is 1. The molecule has 0 aliphatic carbocycles. The molecule has 0 saturated carbocycles. The first-order chi connectivity index (χ1) is 5.65. The molecule has 1 aliphatic rings. The second-order valence-electron chi connectivity index (χ2n) is 2.65. The molecule has 12 heavy (non-hydrogen) atoms. The predicted molar refractivity (Wildman–Crippen MR) is 42.6 cm³/mol. The topological polar surface area (TPSA) is 57.6 Å². The monoisotopic (exact) mass is 169 g/mol. The van der Waals surface area contributed by atoms with Gasteiger partial charge in [-0.1, -0.05) is 6.08 Å². The Bertz CT molecular complexity index is 245. The minimum absolute atomic E-state index is 0.00231. The zero-order valence-electron chi connectivity index (χ0n) is 6.91. The number of hydrogen-bond acceptors (Lipinski definition) is 2. The van der Waals surface area contributed by atoms with Crippen molar-refractivity contribution in [1.82, 2.24) is 4.90 Å². The van der Waals surface area contributed by atoms with Crippen LogP contribution in [0.15, 0.2) is 11.6 Å². The molecule has 0 bridgehead atoms. The van der Waals surface area contributed by atoms with Crippen LogP contribution in [-0.2, 0) is 9.59 Å². The van der Waals surface area contributed by atoms with E-state index in [4.69, 9.17) is 5.11 Å². The van der Waals surface area contributed by atoms with Crippen LogP contribution >= 0.6 is 0 Å². The van der Waals surface area contributed by atoms with E-state index >= 15 is 0 Å². The Labute approximate surface area is 70.5 Å². The summed E-state index contributed by atoms with van der Waals surface area (Å²) in [5.74, 6) is -0.927. The van der Waals surface area contributed by atoms with E-state index in [2.05, 4.69) is 0 Å². The summed E-state index contributed by atoms with van der Waals surface area (Å²) in [5.41, 5.74) is 0.316. The van der Waals surface area contributed by atoms with Gasteiger partial charge in [-0.15, -0.1) is 0 Å². The average molecular weight is 169 g/mol. The van der Waals surface area contributed by atoms with Crippen molar-refractivity contribution in [2.24, 2.45) is 0 Å². The predicted octanol–water partition coefficient (Wildman–Crippen LogP) is 0.250. The molecule has 0 fully saturated rings. The maximum Gasteiger partial charge on any atom is 0.333 e. The Morgan fingerprint density at radius 1 is 1.75 bits per heavy atom. The first kappa shape index (κ1) is 8.77.